The molecule has 1 aromatic heterocycles. The van der Waals surface area contributed by atoms with Crippen LogP contribution in [0.1, 0.15) is 20.9 Å². The first kappa shape index (κ1) is 13.5. The summed E-state index contributed by atoms with van der Waals surface area (Å²) in [5.74, 6) is -1.12. The standard InChI is InChI=1S/C12H8Cl2N2O3/c13-8-2-1-6(5-7(8)11(15)17)16-12(18)9-3-4-10(14)19-9/h1-5H,(H2,15,17)(H,16,18). The number of furan rings is 1. The van der Waals surface area contributed by atoms with E-state index in [0.717, 1.165) is 0 Å². The van der Waals surface area contributed by atoms with Gasteiger partial charge < -0.3 is 15.5 Å². The Balaban J connectivity index is 2.22. The molecule has 2 aromatic rings. The second-order valence-electron chi connectivity index (χ2n) is 3.62. The Morgan fingerprint density at radius 1 is 1.16 bits per heavy atom. The molecule has 0 bridgehead atoms. The summed E-state index contributed by atoms with van der Waals surface area (Å²) < 4.78 is 4.95. The molecule has 0 aliphatic rings. The number of amides is 2. The average Bonchev–Trinajstić information content (AvgIpc) is 2.78. The van der Waals surface area contributed by atoms with Crippen molar-refractivity contribution in [3.8, 4) is 0 Å². The molecule has 0 atom stereocenters. The molecule has 7 heteroatoms. The SMILES string of the molecule is NC(=O)c1cc(NC(=O)c2ccc(Cl)o2)ccc1Cl. The first-order valence-electron chi connectivity index (χ1n) is 5.13. The fraction of sp³-hybridized carbons (Fsp3) is 0. The van der Waals surface area contributed by atoms with Gasteiger partial charge in [-0.05, 0) is 41.9 Å². The molecule has 19 heavy (non-hydrogen) atoms. The lowest BCUT2D eigenvalue weighted by molar-refractivity contribution is 0.0988. The molecular formula is C12H8Cl2N2O3. The molecular weight excluding hydrogens is 291 g/mol. The lowest BCUT2D eigenvalue weighted by Gasteiger charge is -2.06. The van der Waals surface area contributed by atoms with E-state index in [-0.39, 0.29) is 21.6 Å². The molecule has 0 saturated heterocycles. The number of carbonyl (C=O) groups is 2. The highest BCUT2D eigenvalue weighted by atomic mass is 35.5. The van der Waals surface area contributed by atoms with Crippen LogP contribution in [0.15, 0.2) is 34.7 Å². The lowest BCUT2D eigenvalue weighted by atomic mass is 10.2. The summed E-state index contributed by atoms with van der Waals surface area (Å²) in [5.41, 5.74) is 5.65. The number of nitrogens with one attached hydrogen (secondary N) is 1. The summed E-state index contributed by atoms with van der Waals surface area (Å²) in [6, 6.07) is 7.27. The number of nitrogens with two attached hydrogens (primary N) is 1. The molecule has 0 radical (unpaired) electrons. The predicted molar refractivity (Wildman–Crippen MR) is 71.6 cm³/mol. The molecule has 2 rings (SSSR count). The fourth-order valence-electron chi connectivity index (χ4n) is 1.42. The maximum atomic E-state index is 11.8. The van der Waals surface area contributed by atoms with Crippen molar-refractivity contribution in [1.82, 2.24) is 0 Å². The molecule has 0 spiro atoms. The van der Waals surface area contributed by atoms with Gasteiger partial charge in [-0.1, -0.05) is 11.6 Å². The Bertz CT molecular complexity index is 652. The minimum atomic E-state index is -0.679. The first-order chi connectivity index (χ1) is 8.97. The molecule has 1 heterocycles. The van der Waals surface area contributed by atoms with E-state index in [9.17, 15) is 9.59 Å². The number of anilines is 1. The zero-order valence-corrected chi connectivity index (χ0v) is 11.0. The van der Waals surface area contributed by atoms with Crippen LogP contribution in [0, 0.1) is 0 Å². The predicted octanol–water partition coefficient (Wildman–Crippen LogP) is 2.94. The van der Waals surface area contributed by atoms with Crippen LogP contribution in [0.3, 0.4) is 0 Å². The van der Waals surface area contributed by atoms with E-state index in [1.807, 2.05) is 0 Å². The monoisotopic (exact) mass is 298 g/mol. The quantitative estimate of drug-likeness (QED) is 0.913. The molecule has 0 aliphatic heterocycles. The molecule has 5 nitrogen and oxygen atoms in total. The van der Waals surface area contributed by atoms with E-state index in [1.165, 1.54) is 30.3 Å². The van der Waals surface area contributed by atoms with Crippen LogP contribution in [0.2, 0.25) is 10.2 Å². The topological polar surface area (TPSA) is 85.3 Å². The third-order valence-electron chi connectivity index (χ3n) is 2.29. The first-order valence-corrected chi connectivity index (χ1v) is 5.89. The summed E-state index contributed by atoms with van der Waals surface area (Å²) in [5, 5.41) is 2.86. The number of hydrogen-bond acceptors (Lipinski definition) is 3. The van der Waals surface area contributed by atoms with Crippen molar-refractivity contribution in [3.05, 3.63) is 51.9 Å². The largest absolute Gasteiger partial charge is 0.440 e. The number of rotatable bonds is 3. The normalized spacial score (nSPS) is 10.2. The summed E-state index contributed by atoms with van der Waals surface area (Å²) in [6.07, 6.45) is 0. The summed E-state index contributed by atoms with van der Waals surface area (Å²) in [6.45, 7) is 0. The van der Waals surface area contributed by atoms with Gasteiger partial charge in [-0.25, -0.2) is 0 Å². The highest BCUT2D eigenvalue weighted by molar-refractivity contribution is 6.34. The molecule has 0 aliphatic carbocycles. The molecule has 1 aromatic carbocycles. The lowest BCUT2D eigenvalue weighted by Crippen LogP contribution is -2.14. The Kier molecular flexibility index (Phi) is 3.78. The average molecular weight is 299 g/mol. The van der Waals surface area contributed by atoms with E-state index < -0.39 is 11.8 Å². The van der Waals surface area contributed by atoms with Crippen molar-refractivity contribution in [1.29, 1.82) is 0 Å². The Hall–Kier alpha value is -1.98. The number of primary amides is 1. The number of hydrogen-bond donors (Lipinski definition) is 2. The Labute approximate surface area is 118 Å². The van der Waals surface area contributed by atoms with Crippen molar-refractivity contribution in [2.24, 2.45) is 5.73 Å². The van der Waals surface area contributed by atoms with Crippen LogP contribution in [-0.2, 0) is 0 Å². The molecule has 98 valence electrons. The van der Waals surface area contributed by atoms with Gasteiger partial charge in [-0.15, -0.1) is 0 Å². The third-order valence-corrected chi connectivity index (χ3v) is 2.82. The number of benzene rings is 1. The Morgan fingerprint density at radius 3 is 2.47 bits per heavy atom. The van der Waals surface area contributed by atoms with Gasteiger partial charge in [0.25, 0.3) is 5.91 Å². The second-order valence-corrected chi connectivity index (χ2v) is 4.40. The van der Waals surface area contributed by atoms with Gasteiger partial charge in [0.15, 0.2) is 11.0 Å². The molecule has 0 saturated carbocycles. The van der Waals surface area contributed by atoms with Gasteiger partial charge >= 0.3 is 0 Å². The highest BCUT2D eigenvalue weighted by Gasteiger charge is 2.13. The summed E-state index contributed by atoms with van der Waals surface area (Å²) >= 11 is 11.4. The van der Waals surface area contributed by atoms with Gasteiger partial charge in [0, 0.05) is 5.69 Å². The van der Waals surface area contributed by atoms with Crippen LogP contribution in [0.25, 0.3) is 0 Å². The van der Waals surface area contributed by atoms with E-state index >= 15 is 0 Å². The van der Waals surface area contributed by atoms with Crippen LogP contribution < -0.4 is 11.1 Å². The van der Waals surface area contributed by atoms with E-state index in [1.54, 1.807) is 0 Å². The Morgan fingerprint density at radius 2 is 1.89 bits per heavy atom. The van der Waals surface area contributed by atoms with Crippen LogP contribution in [0.5, 0.6) is 0 Å². The molecule has 2 amide bonds. The minimum Gasteiger partial charge on any atom is -0.440 e. The second kappa shape index (κ2) is 5.34. The molecule has 0 fully saturated rings. The van der Waals surface area contributed by atoms with Gasteiger partial charge in [0.05, 0.1) is 10.6 Å². The van der Waals surface area contributed by atoms with Crippen molar-refractivity contribution in [2.75, 3.05) is 5.32 Å². The smallest absolute Gasteiger partial charge is 0.291 e. The van der Waals surface area contributed by atoms with Crippen molar-refractivity contribution in [3.63, 3.8) is 0 Å². The molecule has 0 unspecified atom stereocenters. The van der Waals surface area contributed by atoms with Gasteiger partial charge in [-0.3, -0.25) is 9.59 Å². The molecule has 3 N–H and O–H groups in total. The van der Waals surface area contributed by atoms with E-state index in [4.69, 9.17) is 33.4 Å². The summed E-state index contributed by atoms with van der Waals surface area (Å²) in [7, 11) is 0. The van der Waals surface area contributed by atoms with Gasteiger partial charge in [0.2, 0.25) is 5.91 Å². The maximum absolute atomic E-state index is 11.8. The maximum Gasteiger partial charge on any atom is 0.291 e. The number of halogens is 2. The summed E-state index contributed by atoms with van der Waals surface area (Å²) in [4.78, 5) is 22.9. The van der Waals surface area contributed by atoms with Crippen LogP contribution in [0.4, 0.5) is 5.69 Å². The van der Waals surface area contributed by atoms with E-state index in [2.05, 4.69) is 5.32 Å². The fourth-order valence-corrected chi connectivity index (χ4v) is 1.78. The van der Waals surface area contributed by atoms with Crippen LogP contribution >= 0.6 is 23.2 Å². The van der Waals surface area contributed by atoms with E-state index in [0.29, 0.717) is 5.69 Å². The zero-order valence-electron chi connectivity index (χ0n) is 9.44. The van der Waals surface area contributed by atoms with Gasteiger partial charge in [-0.2, -0.15) is 0 Å². The van der Waals surface area contributed by atoms with Crippen molar-refractivity contribution >= 4 is 40.7 Å². The minimum absolute atomic E-state index is 0.0561. The van der Waals surface area contributed by atoms with Crippen molar-refractivity contribution in [2.45, 2.75) is 0 Å². The van der Waals surface area contributed by atoms with Crippen molar-refractivity contribution < 1.29 is 14.0 Å². The zero-order chi connectivity index (χ0) is 14.0. The van der Waals surface area contributed by atoms with Crippen LogP contribution in [-0.4, -0.2) is 11.8 Å². The highest BCUT2D eigenvalue weighted by Crippen LogP contribution is 2.21. The third kappa shape index (κ3) is 3.07. The number of carbonyl (C=O) groups excluding carboxylic acids is 2. The van der Waals surface area contributed by atoms with Gasteiger partial charge in [0.1, 0.15) is 0 Å².